The molecule has 2 aliphatic heterocycles. The Balaban J connectivity index is 1.81. The Kier molecular flexibility index (Phi) is 6.43. The summed E-state index contributed by atoms with van der Waals surface area (Å²) in [5.41, 5.74) is 0. The molecule has 124 valence electrons. The summed E-state index contributed by atoms with van der Waals surface area (Å²) in [4.78, 5) is 5.19. The minimum absolute atomic E-state index is 1.13. The van der Waals surface area contributed by atoms with Crippen molar-refractivity contribution in [1.82, 2.24) is 20.4 Å². The average molecular weight is 331 g/mol. The number of hydrogen-bond donors (Lipinski definition) is 2. The molecule has 0 aromatic heterocycles. The summed E-state index contributed by atoms with van der Waals surface area (Å²) in [5.74, 6) is 0. The van der Waals surface area contributed by atoms with E-state index in [9.17, 15) is 0 Å². The molecule has 2 heterocycles. The quantitative estimate of drug-likeness (QED) is 0.686. The number of nitrogens with one attached hydrogen (secondary N) is 2. The van der Waals surface area contributed by atoms with Gasteiger partial charge in [0.25, 0.3) is 0 Å². The lowest BCUT2D eigenvalue weighted by Crippen LogP contribution is -2.59. The monoisotopic (exact) mass is 330 g/mol. The molecule has 0 aromatic rings. The Morgan fingerprint density at radius 3 is 1.38 bits per heavy atom. The van der Waals surface area contributed by atoms with Crippen molar-refractivity contribution < 1.29 is 4.12 Å². The van der Waals surface area contributed by atoms with Gasteiger partial charge in [0.15, 0.2) is 16.6 Å². The van der Waals surface area contributed by atoms with Crippen molar-refractivity contribution in [2.45, 2.75) is 26.2 Å². The van der Waals surface area contributed by atoms with Crippen LogP contribution >= 0.6 is 0 Å². The second-order valence-corrected chi connectivity index (χ2v) is 16.2. The molecule has 0 aliphatic carbocycles. The Bertz CT molecular complexity index is 286. The summed E-state index contributed by atoms with van der Waals surface area (Å²) in [6.07, 6.45) is 2.37. The highest BCUT2D eigenvalue weighted by atomic mass is 28.4. The molecule has 2 fully saturated rings. The predicted molar refractivity (Wildman–Crippen MR) is 94.7 cm³/mol. The van der Waals surface area contributed by atoms with E-state index >= 15 is 0 Å². The van der Waals surface area contributed by atoms with E-state index in [0.29, 0.717) is 0 Å². The lowest BCUT2D eigenvalue weighted by Gasteiger charge is -2.41. The number of rotatable bonds is 6. The molecule has 0 spiro atoms. The van der Waals surface area contributed by atoms with Crippen LogP contribution in [0.15, 0.2) is 0 Å². The van der Waals surface area contributed by atoms with Gasteiger partial charge < -0.3 is 24.5 Å². The van der Waals surface area contributed by atoms with Crippen LogP contribution in [-0.2, 0) is 4.12 Å². The molecule has 2 aliphatic rings. The highest BCUT2D eigenvalue weighted by Crippen LogP contribution is 2.17. The molecule has 2 saturated heterocycles. The molecule has 0 bridgehead atoms. The van der Waals surface area contributed by atoms with Crippen molar-refractivity contribution in [2.75, 3.05) is 64.7 Å². The molecule has 5 nitrogen and oxygen atoms in total. The summed E-state index contributed by atoms with van der Waals surface area (Å²) >= 11 is 0. The van der Waals surface area contributed by atoms with E-state index in [0.717, 1.165) is 26.2 Å². The molecule has 7 heteroatoms. The van der Waals surface area contributed by atoms with Crippen LogP contribution in [0.1, 0.15) is 0 Å². The van der Waals surface area contributed by atoms with Gasteiger partial charge in [-0.05, 0) is 26.2 Å². The number of hydrogen-bond acceptors (Lipinski definition) is 5. The topological polar surface area (TPSA) is 39.8 Å². The third kappa shape index (κ3) is 6.47. The molecular weight excluding hydrogens is 296 g/mol. The number of piperazine rings is 2. The fraction of sp³-hybridized carbons (Fsp3) is 1.00. The zero-order valence-electron chi connectivity index (χ0n) is 14.4. The summed E-state index contributed by atoms with van der Waals surface area (Å²) in [6, 6.07) is 0. The van der Waals surface area contributed by atoms with Crippen molar-refractivity contribution in [3.63, 3.8) is 0 Å². The maximum absolute atomic E-state index is 6.78. The van der Waals surface area contributed by atoms with Gasteiger partial charge in [-0.25, -0.2) is 0 Å². The first-order chi connectivity index (χ1) is 9.86. The Morgan fingerprint density at radius 1 is 0.714 bits per heavy atom. The first-order valence-corrected chi connectivity index (χ1v) is 14.7. The van der Waals surface area contributed by atoms with E-state index in [2.05, 4.69) is 46.6 Å². The molecule has 0 saturated carbocycles. The SMILES string of the molecule is C[Si](C)(CN1CCNCC1)O[Si](C)(C)CN1CCNCC1. The molecular formula is C14H34N4OSi2. The highest BCUT2D eigenvalue weighted by Gasteiger charge is 2.36. The van der Waals surface area contributed by atoms with E-state index in [-0.39, 0.29) is 0 Å². The fourth-order valence-electron chi connectivity index (χ4n) is 3.63. The third-order valence-corrected chi connectivity index (χ3v) is 11.0. The first kappa shape index (κ1) is 17.6. The largest absolute Gasteiger partial charge is 0.454 e. The fourth-order valence-corrected chi connectivity index (χ4v) is 12.9. The third-order valence-electron chi connectivity index (χ3n) is 4.18. The van der Waals surface area contributed by atoms with Crippen LogP contribution in [0.2, 0.25) is 26.2 Å². The summed E-state index contributed by atoms with van der Waals surface area (Å²) in [5, 5.41) is 6.86. The molecule has 0 radical (unpaired) electrons. The van der Waals surface area contributed by atoms with Gasteiger partial charge in [0, 0.05) is 64.7 Å². The lowest BCUT2D eigenvalue weighted by atomic mass is 10.4. The van der Waals surface area contributed by atoms with Crippen LogP contribution in [0.25, 0.3) is 0 Å². The van der Waals surface area contributed by atoms with Crippen molar-refractivity contribution in [3.05, 3.63) is 0 Å². The van der Waals surface area contributed by atoms with E-state index in [1.165, 1.54) is 38.5 Å². The first-order valence-electron chi connectivity index (χ1n) is 8.43. The van der Waals surface area contributed by atoms with Gasteiger partial charge in [-0.2, -0.15) is 0 Å². The summed E-state index contributed by atoms with van der Waals surface area (Å²) < 4.78 is 6.78. The maximum atomic E-state index is 6.78. The summed E-state index contributed by atoms with van der Waals surface area (Å²) in [7, 11) is -3.19. The van der Waals surface area contributed by atoms with Crippen LogP contribution < -0.4 is 10.6 Å². The second kappa shape index (κ2) is 7.67. The second-order valence-electron chi connectivity index (χ2n) is 7.67. The molecule has 0 unspecified atom stereocenters. The highest BCUT2D eigenvalue weighted by molar-refractivity contribution is 6.85. The van der Waals surface area contributed by atoms with Crippen molar-refractivity contribution in [2.24, 2.45) is 0 Å². The smallest absolute Gasteiger partial charge is 0.187 e. The van der Waals surface area contributed by atoms with E-state index in [1.807, 2.05) is 0 Å². The number of nitrogens with zero attached hydrogens (tertiary/aromatic N) is 2. The van der Waals surface area contributed by atoms with Crippen LogP contribution in [0.4, 0.5) is 0 Å². The Labute approximate surface area is 132 Å². The standard InChI is InChI=1S/C14H34N4OSi2/c1-20(2,13-17-9-5-15-6-10-17)19-21(3,4)14-18-11-7-16-8-12-18/h15-16H,5-14H2,1-4H3. The molecule has 2 rings (SSSR count). The van der Waals surface area contributed by atoms with E-state index in [4.69, 9.17) is 4.12 Å². The van der Waals surface area contributed by atoms with Gasteiger partial charge in [-0.3, -0.25) is 0 Å². The normalized spacial score (nSPS) is 23.4. The van der Waals surface area contributed by atoms with Crippen molar-refractivity contribution in [3.8, 4) is 0 Å². The lowest BCUT2D eigenvalue weighted by molar-refractivity contribution is 0.254. The Morgan fingerprint density at radius 2 is 1.05 bits per heavy atom. The zero-order chi connectivity index (χ0) is 15.3. The van der Waals surface area contributed by atoms with Gasteiger partial charge in [0.2, 0.25) is 0 Å². The molecule has 21 heavy (non-hydrogen) atoms. The van der Waals surface area contributed by atoms with Crippen LogP contribution in [0.5, 0.6) is 0 Å². The zero-order valence-corrected chi connectivity index (χ0v) is 16.4. The van der Waals surface area contributed by atoms with Gasteiger partial charge in [-0.15, -0.1) is 0 Å². The van der Waals surface area contributed by atoms with Gasteiger partial charge in [0.05, 0.1) is 0 Å². The molecule has 0 amide bonds. The van der Waals surface area contributed by atoms with E-state index < -0.39 is 16.6 Å². The van der Waals surface area contributed by atoms with Crippen molar-refractivity contribution >= 4 is 16.6 Å². The van der Waals surface area contributed by atoms with Gasteiger partial charge >= 0.3 is 0 Å². The molecule has 0 aromatic carbocycles. The van der Waals surface area contributed by atoms with Crippen molar-refractivity contribution in [1.29, 1.82) is 0 Å². The Hall–Kier alpha value is 0.234. The van der Waals surface area contributed by atoms with Crippen LogP contribution in [0, 0.1) is 0 Å². The van der Waals surface area contributed by atoms with Crippen LogP contribution in [-0.4, -0.2) is 91.1 Å². The molecule has 2 N–H and O–H groups in total. The summed E-state index contributed by atoms with van der Waals surface area (Å²) in [6.45, 7) is 18.9. The average Bonchev–Trinajstić information content (AvgIpc) is 2.38. The van der Waals surface area contributed by atoms with Gasteiger partial charge in [-0.1, -0.05) is 0 Å². The van der Waals surface area contributed by atoms with E-state index in [1.54, 1.807) is 0 Å². The minimum Gasteiger partial charge on any atom is -0.454 e. The minimum atomic E-state index is -1.59. The molecule has 0 atom stereocenters. The predicted octanol–water partition coefficient (Wildman–Crippen LogP) is 0.302. The van der Waals surface area contributed by atoms with Gasteiger partial charge in [0.1, 0.15) is 0 Å². The van der Waals surface area contributed by atoms with Crippen LogP contribution in [0.3, 0.4) is 0 Å². The maximum Gasteiger partial charge on any atom is 0.187 e.